The predicted molar refractivity (Wildman–Crippen MR) is 61.7 cm³/mol. The van der Waals surface area contributed by atoms with E-state index < -0.39 is 0 Å². The molecule has 0 bridgehead atoms. The summed E-state index contributed by atoms with van der Waals surface area (Å²) in [6.07, 6.45) is -0.230. The van der Waals surface area contributed by atoms with Gasteiger partial charge in [0, 0.05) is 13.1 Å². The van der Waals surface area contributed by atoms with Crippen molar-refractivity contribution in [2.75, 3.05) is 26.2 Å². The van der Waals surface area contributed by atoms with Crippen molar-refractivity contribution >= 4 is 6.09 Å². The number of hydrogen-bond acceptors (Lipinski definition) is 3. The number of rotatable bonds is 6. The van der Waals surface area contributed by atoms with Crippen LogP contribution in [0.4, 0.5) is 4.79 Å². The lowest BCUT2D eigenvalue weighted by Crippen LogP contribution is -2.37. The zero-order valence-corrected chi connectivity index (χ0v) is 10.3. The highest BCUT2D eigenvalue weighted by Crippen LogP contribution is 2.02. The quantitative estimate of drug-likeness (QED) is 0.735. The number of carbonyl (C=O) groups is 1. The molecule has 0 saturated heterocycles. The third-order valence-corrected chi connectivity index (χ3v) is 2.11. The second kappa shape index (κ2) is 7.51. The summed E-state index contributed by atoms with van der Waals surface area (Å²) in [7, 11) is 0. The SMILES string of the molecule is CCN(CC(C)CN)C(=O)OCC(C)C. The van der Waals surface area contributed by atoms with E-state index in [9.17, 15) is 4.79 Å². The van der Waals surface area contributed by atoms with Crippen molar-refractivity contribution in [2.45, 2.75) is 27.7 Å². The van der Waals surface area contributed by atoms with Gasteiger partial charge in [0.1, 0.15) is 0 Å². The van der Waals surface area contributed by atoms with Gasteiger partial charge in [-0.05, 0) is 25.3 Å². The molecule has 0 fully saturated rings. The van der Waals surface area contributed by atoms with Gasteiger partial charge >= 0.3 is 6.09 Å². The minimum atomic E-state index is -0.230. The maximum Gasteiger partial charge on any atom is 0.409 e. The molecule has 0 aromatic rings. The molecule has 2 N–H and O–H groups in total. The number of carbonyl (C=O) groups excluding carboxylic acids is 1. The van der Waals surface area contributed by atoms with Crippen molar-refractivity contribution < 1.29 is 9.53 Å². The fourth-order valence-electron chi connectivity index (χ4n) is 1.11. The van der Waals surface area contributed by atoms with Crippen molar-refractivity contribution in [2.24, 2.45) is 17.6 Å². The Bertz CT molecular complexity index is 183. The highest BCUT2D eigenvalue weighted by atomic mass is 16.6. The number of nitrogens with two attached hydrogens (primary N) is 1. The van der Waals surface area contributed by atoms with Crippen molar-refractivity contribution in [1.82, 2.24) is 4.90 Å². The van der Waals surface area contributed by atoms with E-state index >= 15 is 0 Å². The molecule has 0 aliphatic heterocycles. The lowest BCUT2D eigenvalue weighted by molar-refractivity contribution is 0.0895. The van der Waals surface area contributed by atoms with E-state index in [1.807, 2.05) is 27.7 Å². The highest BCUT2D eigenvalue weighted by molar-refractivity contribution is 5.67. The number of hydrogen-bond donors (Lipinski definition) is 1. The second-order valence-electron chi connectivity index (χ2n) is 4.35. The van der Waals surface area contributed by atoms with Crippen LogP contribution in [0.15, 0.2) is 0 Å². The summed E-state index contributed by atoms with van der Waals surface area (Å²) in [5, 5.41) is 0. The first-order valence-corrected chi connectivity index (χ1v) is 5.63. The molecular weight excluding hydrogens is 192 g/mol. The van der Waals surface area contributed by atoms with Crippen LogP contribution in [0.1, 0.15) is 27.7 Å². The molecule has 0 aromatic carbocycles. The predicted octanol–water partition coefficient (Wildman–Crippen LogP) is 1.70. The molecule has 0 heterocycles. The van der Waals surface area contributed by atoms with E-state index in [0.717, 1.165) is 0 Å². The Morgan fingerprint density at radius 1 is 1.40 bits per heavy atom. The molecule has 0 aliphatic rings. The molecule has 0 aromatic heterocycles. The molecule has 0 spiro atoms. The highest BCUT2D eigenvalue weighted by Gasteiger charge is 2.15. The summed E-state index contributed by atoms with van der Waals surface area (Å²) >= 11 is 0. The summed E-state index contributed by atoms with van der Waals surface area (Å²) in [4.78, 5) is 13.3. The molecule has 1 unspecified atom stereocenters. The summed E-state index contributed by atoms with van der Waals surface area (Å²) in [5.41, 5.74) is 5.52. The van der Waals surface area contributed by atoms with Crippen LogP contribution in [0.2, 0.25) is 0 Å². The number of ether oxygens (including phenoxy) is 1. The molecule has 4 heteroatoms. The first-order chi connectivity index (χ1) is 7.01. The van der Waals surface area contributed by atoms with E-state index in [2.05, 4.69) is 0 Å². The molecule has 1 atom stereocenters. The Kier molecular flexibility index (Phi) is 7.13. The fraction of sp³-hybridized carbons (Fsp3) is 0.909. The van der Waals surface area contributed by atoms with Crippen LogP contribution in [-0.2, 0) is 4.74 Å². The van der Waals surface area contributed by atoms with Gasteiger partial charge in [0.2, 0.25) is 0 Å². The van der Waals surface area contributed by atoms with E-state index in [-0.39, 0.29) is 6.09 Å². The molecule has 15 heavy (non-hydrogen) atoms. The minimum absolute atomic E-state index is 0.230. The van der Waals surface area contributed by atoms with Gasteiger partial charge in [-0.1, -0.05) is 20.8 Å². The van der Waals surface area contributed by atoms with Crippen LogP contribution in [0.5, 0.6) is 0 Å². The van der Waals surface area contributed by atoms with Crippen LogP contribution < -0.4 is 5.73 Å². The van der Waals surface area contributed by atoms with Crippen molar-refractivity contribution in [1.29, 1.82) is 0 Å². The van der Waals surface area contributed by atoms with Crippen LogP contribution in [0.25, 0.3) is 0 Å². The Morgan fingerprint density at radius 3 is 2.40 bits per heavy atom. The lowest BCUT2D eigenvalue weighted by Gasteiger charge is -2.23. The Balaban J connectivity index is 3.99. The molecular formula is C11H24N2O2. The summed E-state index contributed by atoms with van der Waals surface area (Å²) < 4.78 is 5.15. The molecule has 0 rings (SSSR count). The third-order valence-electron chi connectivity index (χ3n) is 2.11. The molecule has 0 saturated carbocycles. The second-order valence-corrected chi connectivity index (χ2v) is 4.35. The van der Waals surface area contributed by atoms with E-state index in [0.29, 0.717) is 38.1 Å². The third kappa shape index (κ3) is 6.33. The Morgan fingerprint density at radius 2 is 2.00 bits per heavy atom. The van der Waals surface area contributed by atoms with Crippen LogP contribution >= 0.6 is 0 Å². The zero-order chi connectivity index (χ0) is 11.8. The first kappa shape index (κ1) is 14.2. The normalized spacial score (nSPS) is 12.7. The molecule has 4 nitrogen and oxygen atoms in total. The monoisotopic (exact) mass is 216 g/mol. The van der Waals surface area contributed by atoms with Crippen molar-refractivity contribution in [3.8, 4) is 0 Å². The van der Waals surface area contributed by atoms with Crippen molar-refractivity contribution in [3.05, 3.63) is 0 Å². The van der Waals surface area contributed by atoms with Crippen LogP contribution in [0.3, 0.4) is 0 Å². The molecule has 90 valence electrons. The van der Waals surface area contributed by atoms with Gasteiger partial charge in [0.15, 0.2) is 0 Å². The average Bonchev–Trinajstić information content (AvgIpc) is 2.21. The minimum Gasteiger partial charge on any atom is -0.449 e. The number of amides is 1. The van der Waals surface area contributed by atoms with E-state index in [4.69, 9.17) is 10.5 Å². The maximum atomic E-state index is 11.6. The topological polar surface area (TPSA) is 55.6 Å². The average molecular weight is 216 g/mol. The summed E-state index contributed by atoms with van der Waals surface area (Å²) in [6.45, 7) is 10.4. The van der Waals surface area contributed by atoms with Gasteiger partial charge < -0.3 is 15.4 Å². The fourth-order valence-corrected chi connectivity index (χ4v) is 1.11. The van der Waals surface area contributed by atoms with Gasteiger partial charge in [-0.25, -0.2) is 4.79 Å². The van der Waals surface area contributed by atoms with Gasteiger partial charge in [-0.3, -0.25) is 0 Å². The molecule has 0 aliphatic carbocycles. The first-order valence-electron chi connectivity index (χ1n) is 5.63. The molecule has 0 radical (unpaired) electrons. The van der Waals surface area contributed by atoms with Crippen molar-refractivity contribution in [3.63, 3.8) is 0 Å². The summed E-state index contributed by atoms with van der Waals surface area (Å²) in [5.74, 6) is 0.691. The smallest absolute Gasteiger partial charge is 0.409 e. The Hall–Kier alpha value is -0.770. The van der Waals surface area contributed by atoms with E-state index in [1.54, 1.807) is 4.90 Å². The largest absolute Gasteiger partial charge is 0.449 e. The van der Waals surface area contributed by atoms with Gasteiger partial charge in [0.05, 0.1) is 6.61 Å². The van der Waals surface area contributed by atoms with Crippen LogP contribution in [-0.4, -0.2) is 37.2 Å². The van der Waals surface area contributed by atoms with E-state index in [1.165, 1.54) is 0 Å². The zero-order valence-electron chi connectivity index (χ0n) is 10.3. The lowest BCUT2D eigenvalue weighted by atomic mass is 10.2. The van der Waals surface area contributed by atoms with Gasteiger partial charge in [-0.15, -0.1) is 0 Å². The van der Waals surface area contributed by atoms with Gasteiger partial charge in [-0.2, -0.15) is 0 Å². The van der Waals surface area contributed by atoms with Crippen LogP contribution in [0, 0.1) is 11.8 Å². The maximum absolute atomic E-state index is 11.6. The molecule has 1 amide bonds. The standard InChI is InChI=1S/C11H24N2O2/c1-5-13(7-10(4)6-12)11(14)15-8-9(2)3/h9-10H,5-8,12H2,1-4H3. The number of nitrogens with zero attached hydrogens (tertiary/aromatic N) is 1. The Labute approximate surface area is 92.8 Å². The summed E-state index contributed by atoms with van der Waals surface area (Å²) in [6, 6.07) is 0. The van der Waals surface area contributed by atoms with Gasteiger partial charge in [0.25, 0.3) is 0 Å².